The molecule has 0 bridgehead atoms. The molecule has 0 aliphatic carbocycles. The fraction of sp³-hybridized carbons (Fsp3) is 0.167. The van der Waals surface area contributed by atoms with Crippen molar-refractivity contribution in [2.75, 3.05) is 5.32 Å². The normalized spacial score (nSPS) is 11.6. The van der Waals surface area contributed by atoms with Gasteiger partial charge < -0.3 is 10.3 Å². The highest BCUT2D eigenvalue weighted by Crippen LogP contribution is 2.29. The Morgan fingerprint density at radius 2 is 1.79 bits per heavy atom. The number of halogens is 3. The van der Waals surface area contributed by atoms with Crippen molar-refractivity contribution >= 4 is 22.5 Å². The van der Waals surface area contributed by atoms with Gasteiger partial charge in [0.1, 0.15) is 0 Å². The molecule has 0 atom stereocenters. The predicted octanol–water partition coefficient (Wildman–Crippen LogP) is 4.76. The summed E-state index contributed by atoms with van der Waals surface area (Å²) in [6.45, 7) is 0. The number of carbonyl (C=O) groups excluding carboxylic acids is 1. The molecule has 3 nitrogen and oxygen atoms in total. The number of fused-ring (bicyclic) bond motifs is 1. The van der Waals surface area contributed by atoms with Crippen molar-refractivity contribution in [2.24, 2.45) is 0 Å². The Morgan fingerprint density at radius 1 is 1.04 bits per heavy atom. The van der Waals surface area contributed by atoms with E-state index in [0.29, 0.717) is 17.7 Å². The molecule has 0 spiro atoms. The van der Waals surface area contributed by atoms with Gasteiger partial charge in [0.15, 0.2) is 0 Å². The summed E-state index contributed by atoms with van der Waals surface area (Å²) in [6, 6.07) is 12.3. The molecule has 0 aliphatic heterocycles. The smallest absolute Gasteiger partial charge is 0.361 e. The van der Waals surface area contributed by atoms with Gasteiger partial charge in [-0.2, -0.15) is 13.2 Å². The van der Waals surface area contributed by atoms with Gasteiger partial charge in [-0.1, -0.05) is 12.1 Å². The lowest BCUT2D eigenvalue weighted by molar-refractivity contribution is -0.137. The highest BCUT2D eigenvalue weighted by Gasteiger charge is 2.29. The summed E-state index contributed by atoms with van der Waals surface area (Å²) in [6.07, 6.45) is -1.93. The van der Waals surface area contributed by atoms with E-state index in [-0.39, 0.29) is 12.3 Å². The zero-order chi connectivity index (χ0) is 17.2. The third-order valence-corrected chi connectivity index (χ3v) is 3.76. The quantitative estimate of drug-likeness (QED) is 0.711. The number of rotatable bonds is 4. The van der Waals surface area contributed by atoms with E-state index < -0.39 is 11.7 Å². The molecule has 0 fully saturated rings. The highest BCUT2D eigenvalue weighted by atomic mass is 19.4. The van der Waals surface area contributed by atoms with Crippen molar-refractivity contribution in [1.82, 2.24) is 4.98 Å². The average molecular weight is 332 g/mol. The lowest BCUT2D eigenvalue weighted by Gasteiger charge is -2.08. The van der Waals surface area contributed by atoms with Crippen molar-refractivity contribution in [3.63, 3.8) is 0 Å². The summed E-state index contributed by atoms with van der Waals surface area (Å²) in [5, 5.41) is 3.79. The van der Waals surface area contributed by atoms with Gasteiger partial charge in [-0.05, 0) is 48.4 Å². The summed E-state index contributed by atoms with van der Waals surface area (Å²) in [4.78, 5) is 15.1. The fourth-order valence-electron chi connectivity index (χ4n) is 2.47. The molecule has 1 aromatic heterocycles. The largest absolute Gasteiger partial charge is 0.416 e. The summed E-state index contributed by atoms with van der Waals surface area (Å²) in [7, 11) is 0. The lowest BCUT2D eigenvalue weighted by atomic mass is 10.1. The minimum absolute atomic E-state index is 0.176. The average Bonchev–Trinajstić information content (AvgIpc) is 3.00. The molecule has 3 aromatic rings. The molecule has 1 heterocycles. The number of anilines is 1. The van der Waals surface area contributed by atoms with Crippen LogP contribution in [0.25, 0.3) is 10.9 Å². The molecular weight excluding hydrogens is 317 g/mol. The number of hydrogen-bond donors (Lipinski definition) is 2. The first-order valence-corrected chi connectivity index (χ1v) is 7.45. The Morgan fingerprint density at radius 3 is 2.50 bits per heavy atom. The van der Waals surface area contributed by atoms with Crippen molar-refractivity contribution in [3.8, 4) is 0 Å². The minimum atomic E-state index is -4.34. The SMILES string of the molecule is O=C(CCc1ccc(C(F)(F)F)cc1)Nc1ccc2[nH]ccc2c1. The first kappa shape index (κ1) is 16.1. The van der Waals surface area contributed by atoms with Gasteiger partial charge in [-0.15, -0.1) is 0 Å². The second-order valence-corrected chi connectivity index (χ2v) is 5.52. The lowest BCUT2D eigenvalue weighted by Crippen LogP contribution is -2.12. The zero-order valence-corrected chi connectivity index (χ0v) is 12.7. The number of hydrogen-bond acceptors (Lipinski definition) is 1. The van der Waals surface area contributed by atoms with E-state index in [1.54, 1.807) is 6.07 Å². The summed E-state index contributed by atoms with van der Waals surface area (Å²) >= 11 is 0. The fourth-order valence-corrected chi connectivity index (χ4v) is 2.47. The Hall–Kier alpha value is -2.76. The third kappa shape index (κ3) is 3.76. The van der Waals surface area contributed by atoms with Crippen LogP contribution in [0.3, 0.4) is 0 Å². The monoisotopic (exact) mass is 332 g/mol. The van der Waals surface area contributed by atoms with Gasteiger partial charge >= 0.3 is 6.18 Å². The second-order valence-electron chi connectivity index (χ2n) is 5.52. The van der Waals surface area contributed by atoms with Crippen molar-refractivity contribution in [3.05, 3.63) is 65.9 Å². The van der Waals surface area contributed by atoms with Gasteiger partial charge in [0.25, 0.3) is 0 Å². The van der Waals surface area contributed by atoms with Crippen LogP contribution in [0.4, 0.5) is 18.9 Å². The number of aromatic amines is 1. The van der Waals surface area contributed by atoms with Crippen LogP contribution in [0.15, 0.2) is 54.7 Å². The summed E-state index contributed by atoms with van der Waals surface area (Å²) in [5.74, 6) is -0.176. The van der Waals surface area contributed by atoms with Crippen LogP contribution in [-0.2, 0) is 17.4 Å². The topological polar surface area (TPSA) is 44.9 Å². The number of aryl methyl sites for hydroxylation is 1. The van der Waals surface area contributed by atoms with Gasteiger partial charge in [0.2, 0.25) is 5.91 Å². The van der Waals surface area contributed by atoms with Crippen LogP contribution in [0.1, 0.15) is 17.5 Å². The highest BCUT2D eigenvalue weighted by molar-refractivity contribution is 5.93. The predicted molar refractivity (Wildman–Crippen MR) is 86.7 cm³/mol. The Bertz CT molecular complexity index is 851. The number of carbonyl (C=O) groups is 1. The van der Waals surface area contributed by atoms with Crippen LogP contribution in [0.5, 0.6) is 0 Å². The maximum absolute atomic E-state index is 12.5. The van der Waals surface area contributed by atoms with E-state index in [0.717, 1.165) is 23.0 Å². The van der Waals surface area contributed by atoms with Crippen LogP contribution < -0.4 is 5.32 Å². The zero-order valence-electron chi connectivity index (χ0n) is 12.7. The number of amides is 1. The van der Waals surface area contributed by atoms with E-state index in [4.69, 9.17) is 0 Å². The van der Waals surface area contributed by atoms with Crippen molar-refractivity contribution in [2.45, 2.75) is 19.0 Å². The molecule has 0 radical (unpaired) electrons. The molecular formula is C18H15F3N2O. The van der Waals surface area contributed by atoms with Crippen LogP contribution in [0.2, 0.25) is 0 Å². The number of aromatic nitrogens is 1. The minimum Gasteiger partial charge on any atom is -0.361 e. The molecule has 124 valence electrons. The van der Waals surface area contributed by atoms with E-state index in [1.165, 1.54) is 12.1 Å². The molecule has 3 rings (SSSR count). The molecule has 0 aliphatic rings. The van der Waals surface area contributed by atoms with E-state index >= 15 is 0 Å². The van der Waals surface area contributed by atoms with Gasteiger partial charge in [0.05, 0.1) is 5.56 Å². The van der Waals surface area contributed by atoms with Crippen LogP contribution in [0, 0.1) is 0 Å². The number of benzene rings is 2. The maximum atomic E-state index is 12.5. The molecule has 6 heteroatoms. The number of H-pyrrole nitrogens is 1. The molecule has 0 saturated heterocycles. The molecule has 2 N–H and O–H groups in total. The van der Waals surface area contributed by atoms with Crippen LogP contribution in [-0.4, -0.2) is 10.9 Å². The van der Waals surface area contributed by atoms with Gasteiger partial charge in [-0.3, -0.25) is 4.79 Å². The van der Waals surface area contributed by atoms with Gasteiger partial charge in [0, 0.05) is 29.2 Å². The first-order chi connectivity index (χ1) is 11.4. The van der Waals surface area contributed by atoms with E-state index in [1.807, 2.05) is 24.4 Å². The van der Waals surface area contributed by atoms with Gasteiger partial charge in [-0.25, -0.2) is 0 Å². The Balaban J connectivity index is 1.57. The Kier molecular flexibility index (Phi) is 4.29. The van der Waals surface area contributed by atoms with Crippen molar-refractivity contribution < 1.29 is 18.0 Å². The second kappa shape index (κ2) is 6.39. The van der Waals surface area contributed by atoms with Crippen molar-refractivity contribution in [1.29, 1.82) is 0 Å². The third-order valence-electron chi connectivity index (χ3n) is 3.76. The van der Waals surface area contributed by atoms with Crippen LogP contribution >= 0.6 is 0 Å². The molecule has 0 unspecified atom stereocenters. The van der Waals surface area contributed by atoms with E-state index in [9.17, 15) is 18.0 Å². The number of nitrogens with one attached hydrogen (secondary N) is 2. The number of alkyl halides is 3. The Labute approximate surface area is 136 Å². The van der Waals surface area contributed by atoms with E-state index in [2.05, 4.69) is 10.3 Å². The molecule has 0 saturated carbocycles. The maximum Gasteiger partial charge on any atom is 0.416 e. The molecule has 1 amide bonds. The standard InChI is InChI=1S/C18H15F3N2O/c19-18(20,21)14-4-1-12(2-5-14)3-8-17(24)23-15-6-7-16-13(11-15)9-10-22-16/h1-2,4-7,9-11,22H,3,8H2,(H,23,24). The molecule has 2 aromatic carbocycles. The molecule has 24 heavy (non-hydrogen) atoms. The first-order valence-electron chi connectivity index (χ1n) is 7.45. The summed E-state index contributed by atoms with van der Waals surface area (Å²) in [5.41, 5.74) is 1.69. The summed E-state index contributed by atoms with van der Waals surface area (Å²) < 4.78 is 37.5.